The van der Waals surface area contributed by atoms with Crippen LogP contribution in [0.2, 0.25) is 0 Å². The second-order valence-corrected chi connectivity index (χ2v) is 5.39. The van der Waals surface area contributed by atoms with Gasteiger partial charge in [0.05, 0.1) is 6.61 Å². The Balaban J connectivity index is 1.75. The summed E-state index contributed by atoms with van der Waals surface area (Å²) in [5.74, 6) is 1.61. The SMILES string of the molecule is Cc1ccc(C[C@@H]2COc3ccccc3C2)c(C)n1. The second-order valence-electron chi connectivity index (χ2n) is 5.39. The van der Waals surface area contributed by atoms with Crippen LogP contribution in [-0.2, 0) is 12.8 Å². The molecule has 1 aliphatic heterocycles. The average Bonchev–Trinajstić information content (AvgIpc) is 2.42. The van der Waals surface area contributed by atoms with E-state index in [-0.39, 0.29) is 0 Å². The van der Waals surface area contributed by atoms with Crippen LogP contribution in [0.15, 0.2) is 36.4 Å². The molecule has 98 valence electrons. The van der Waals surface area contributed by atoms with Crippen molar-refractivity contribution < 1.29 is 4.74 Å². The normalized spacial score (nSPS) is 17.7. The number of para-hydroxylation sites is 1. The highest BCUT2D eigenvalue weighted by atomic mass is 16.5. The van der Waals surface area contributed by atoms with Crippen molar-refractivity contribution in [2.24, 2.45) is 5.92 Å². The highest BCUT2D eigenvalue weighted by Gasteiger charge is 2.20. The van der Waals surface area contributed by atoms with Gasteiger partial charge < -0.3 is 4.74 Å². The van der Waals surface area contributed by atoms with Gasteiger partial charge in [0, 0.05) is 17.3 Å². The first kappa shape index (κ1) is 12.2. The second kappa shape index (κ2) is 5.04. The monoisotopic (exact) mass is 253 g/mol. The molecule has 0 spiro atoms. The molecule has 0 saturated carbocycles. The van der Waals surface area contributed by atoms with Gasteiger partial charge in [-0.05, 0) is 49.9 Å². The van der Waals surface area contributed by atoms with Crippen LogP contribution in [-0.4, -0.2) is 11.6 Å². The highest BCUT2D eigenvalue weighted by Crippen LogP contribution is 2.28. The van der Waals surface area contributed by atoms with E-state index in [0.29, 0.717) is 5.92 Å². The first-order chi connectivity index (χ1) is 9.22. The third-order valence-electron chi connectivity index (χ3n) is 3.80. The summed E-state index contributed by atoms with van der Waals surface area (Å²) >= 11 is 0. The molecule has 2 nitrogen and oxygen atoms in total. The minimum atomic E-state index is 0.554. The predicted molar refractivity (Wildman–Crippen MR) is 76.5 cm³/mol. The maximum atomic E-state index is 5.85. The Kier molecular flexibility index (Phi) is 3.24. The number of rotatable bonds is 2. The molecule has 19 heavy (non-hydrogen) atoms. The molecule has 0 unspecified atom stereocenters. The van der Waals surface area contributed by atoms with Crippen LogP contribution in [0.5, 0.6) is 5.75 Å². The van der Waals surface area contributed by atoms with Gasteiger partial charge in [-0.3, -0.25) is 4.98 Å². The van der Waals surface area contributed by atoms with Gasteiger partial charge in [-0.25, -0.2) is 0 Å². The molecule has 1 aromatic heterocycles. The van der Waals surface area contributed by atoms with Crippen LogP contribution in [0.3, 0.4) is 0 Å². The zero-order chi connectivity index (χ0) is 13.2. The van der Waals surface area contributed by atoms with Crippen molar-refractivity contribution in [1.29, 1.82) is 0 Å². The minimum absolute atomic E-state index is 0.554. The number of benzene rings is 1. The van der Waals surface area contributed by atoms with E-state index in [4.69, 9.17) is 4.74 Å². The summed E-state index contributed by atoms with van der Waals surface area (Å²) in [7, 11) is 0. The van der Waals surface area contributed by atoms with Crippen molar-refractivity contribution in [1.82, 2.24) is 4.98 Å². The molecule has 1 aliphatic rings. The molecule has 3 rings (SSSR count). The molecule has 1 atom stereocenters. The molecule has 0 radical (unpaired) electrons. The number of nitrogens with zero attached hydrogens (tertiary/aromatic N) is 1. The lowest BCUT2D eigenvalue weighted by atomic mass is 9.90. The van der Waals surface area contributed by atoms with Crippen molar-refractivity contribution in [3.05, 3.63) is 58.9 Å². The van der Waals surface area contributed by atoms with Gasteiger partial charge in [-0.1, -0.05) is 24.3 Å². The Morgan fingerprint density at radius 2 is 2.00 bits per heavy atom. The number of ether oxygens (including phenoxy) is 1. The topological polar surface area (TPSA) is 22.1 Å². The van der Waals surface area contributed by atoms with Gasteiger partial charge in [0.25, 0.3) is 0 Å². The van der Waals surface area contributed by atoms with Crippen LogP contribution < -0.4 is 4.74 Å². The van der Waals surface area contributed by atoms with Gasteiger partial charge in [0.2, 0.25) is 0 Å². The number of pyridine rings is 1. The number of hydrogen-bond donors (Lipinski definition) is 0. The van der Waals surface area contributed by atoms with Crippen molar-refractivity contribution in [2.45, 2.75) is 26.7 Å². The van der Waals surface area contributed by atoms with E-state index in [0.717, 1.165) is 36.6 Å². The van der Waals surface area contributed by atoms with Gasteiger partial charge in [0.15, 0.2) is 0 Å². The third-order valence-corrected chi connectivity index (χ3v) is 3.80. The van der Waals surface area contributed by atoms with E-state index in [1.54, 1.807) is 0 Å². The number of fused-ring (bicyclic) bond motifs is 1. The Bertz CT molecular complexity index is 592. The number of hydrogen-bond acceptors (Lipinski definition) is 2. The molecule has 0 bridgehead atoms. The zero-order valence-corrected chi connectivity index (χ0v) is 11.5. The Hall–Kier alpha value is -1.83. The zero-order valence-electron chi connectivity index (χ0n) is 11.5. The van der Waals surface area contributed by atoms with E-state index < -0.39 is 0 Å². The van der Waals surface area contributed by atoms with E-state index in [1.165, 1.54) is 11.1 Å². The number of aryl methyl sites for hydroxylation is 2. The van der Waals surface area contributed by atoms with E-state index in [2.05, 4.69) is 42.2 Å². The maximum absolute atomic E-state index is 5.85. The minimum Gasteiger partial charge on any atom is -0.493 e. The van der Waals surface area contributed by atoms with Crippen LogP contribution in [0.1, 0.15) is 22.5 Å². The van der Waals surface area contributed by atoms with Crippen LogP contribution in [0, 0.1) is 19.8 Å². The van der Waals surface area contributed by atoms with Crippen molar-refractivity contribution in [3.63, 3.8) is 0 Å². The highest BCUT2D eigenvalue weighted by molar-refractivity contribution is 5.35. The van der Waals surface area contributed by atoms with Crippen LogP contribution in [0.25, 0.3) is 0 Å². The van der Waals surface area contributed by atoms with Crippen LogP contribution >= 0.6 is 0 Å². The lowest BCUT2D eigenvalue weighted by Crippen LogP contribution is -2.23. The van der Waals surface area contributed by atoms with Gasteiger partial charge in [-0.2, -0.15) is 0 Å². The first-order valence-corrected chi connectivity index (χ1v) is 6.86. The summed E-state index contributed by atoms with van der Waals surface area (Å²) in [5.41, 5.74) is 4.92. The summed E-state index contributed by atoms with van der Waals surface area (Å²) in [6.45, 7) is 4.95. The quantitative estimate of drug-likeness (QED) is 0.817. The molecule has 0 saturated heterocycles. The summed E-state index contributed by atoms with van der Waals surface area (Å²) in [6, 6.07) is 12.7. The lowest BCUT2D eigenvalue weighted by Gasteiger charge is -2.25. The lowest BCUT2D eigenvalue weighted by molar-refractivity contribution is 0.221. The molecule has 0 amide bonds. The largest absolute Gasteiger partial charge is 0.493 e. The third kappa shape index (κ3) is 2.62. The molecule has 2 aromatic rings. The molecule has 2 heterocycles. The smallest absolute Gasteiger partial charge is 0.122 e. The predicted octanol–water partition coefficient (Wildman–Crippen LogP) is 3.49. The standard InChI is InChI=1S/C17H19NO/c1-12-7-8-15(13(2)18-12)9-14-10-16-5-3-4-6-17(16)19-11-14/h3-8,14H,9-11H2,1-2H3/t14-/m0/s1. The van der Waals surface area contributed by atoms with E-state index in [1.807, 2.05) is 13.0 Å². The fourth-order valence-electron chi connectivity index (χ4n) is 2.76. The van der Waals surface area contributed by atoms with Crippen LogP contribution in [0.4, 0.5) is 0 Å². The van der Waals surface area contributed by atoms with Gasteiger partial charge in [-0.15, -0.1) is 0 Å². The summed E-state index contributed by atoms with van der Waals surface area (Å²) in [4.78, 5) is 4.54. The molecular weight excluding hydrogens is 234 g/mol. The summed E-state index contributed by atoms with van der Waals surface area (Å²) in [6.07, 6.45) is 2.15. The molecule has 0 N–H and O–H groups in total. The summed E-state index contributed by atoms with van der Waals surface area (Å²) in [5, 5.41) is 0. The van der Waals surface area contributed by atoms with Gasteiger partial charge in [0.1, 0.15) is 5.75 Å². The van der Waals surface area contributed by atoms with E-state index in [9.17, 15) is 0 Å². The molecule has 0 fully saturated rings. The molecule has 2 heteroatoms. The fourth-order valence-corrected chi connectivity index (χ4v) is 2.76. The van der Waals surface area contributed by atoms with Gasteiger partial charge >= 0.3 is 0 Å². The summed E-state index contributed by atoms with van der Waals surface area (Å²) < 4.78 is 5.85. The number of aromatic nitrogens is 1. The van der Waals surface area contributed by atoms with E-state index >= 15 is 0 Å². The van der Waals surface area contributed by atoms with Crippen molar-refractivity contribution >= 4 is 0 Å². The van der Waals surface area contributed by atoms with Crippen molar-refractivity contribution in [3.8, 4) is 5.75 Å². The molecular formula is C17H19NO. The molecule has 1 aromatic carbocycles. The average molecular weight is 253 g/mol. The molecule has 0 aliphatic carbocycles. The Morgan fingerprint density at radius 3 is 2.84 bits per heavy atom. The van der Waals surface area contributed by atoms with Crippen molar-refractivity contribution in [2.75, 3.05) is 6.61 Å². The fraction of sp³-hybridized carbons (Fsp3) is 0.353. The Labute approximate surface area is 114 Å². The maximum Gasteiger partial charge on any atom is 0.122 e. The first-order valence-electron chi connectivity index (χ1n) is 6.86. The Morgan fingerprint density at radius 1 is 1.16 bits per heavy atom.